The molecule has 0 bridgehead atoms. The Balaban J connectivity index is 2.30. The molecule has 1 radical (unpaired) electrons. The average Bonchev–Trinajstić information content (AvgIpc) is 2.46. The molecule has 12 heavy (non-hydrogen) atoms. The van der Waals surface area contributed by atoms with Crippen molar-refractivity contribution in [2.24, 2.45) is 0 Å². The molecule has 0 amide bonds. The van der Waals surface area contributed by atoms with E-state index in [0.29, 0.717) is 6.10 Å². The van der Waals surface area contributed by atoms with Gasteiger partial charge in [0.2, 0.25) is 0 Å². The third-order valence-corrected chi connectivity index (χ3v) is 2.92. The Bertz CT molecular complexity index is 296. The van der Waals surface area contributed by atoms with E-state index in [1.54, 1.807) is 0 Å². The molecule has 0 aliphatic carbocycles. The number of aryl methyl sites for hydroxylation is 1. The van der Waals surface area contributed by atoms with Crippen LogP contribution in [0.2, 0.25) is 5.32 Å². The summed E-state index contributed by atoms with van der Waals surface area (Å²) in [6.07, 6.45) is 1.42. The number of hydrogen-bond donors (Lipinski definition) is 0. The fourth-order valence-corrected chi connectivity index (χ4v) is 1.93. The van der Waals surface area contributed by atoms with Crippen LogP contribution in [-0.2, 0) is 6.42 Å². The topological polar surface area (TPSA) is 9.23 Å². The van der Waals surface area contributed by atoms with Crippen LogP contribution in [-0.4, -0.2) is 22.1 Å². The molecule has 1 heterocycles. The van der Waals surface area contributed by atoms with E-state index in [-0.39, 0.29) is 0 Å². The third kappa shape index (κ3) is 1.37. The Kier molecular flexibility index (Phi) is 2.12. The molecule has 1 aromatic rings. The van der Waals surface area contributed by atoms with Gasteiger partial charge in [0, 0.05) is 0 Å². The fourth-order valence-electron chi connectivity index (χ4n) is 1.54. The monoisotopic (exact) mass is 227 g/mol. The normalized spacial score (nSPS) is 20.3. The molecule has 63 valence electrons. The van der Waals surface area contributed by atoms with Gasteiger partial charge in [0.15, 0.2) is 0 Å². The first kappa shape index (κ1) is 8.15. The van der Waals surface area contributed by atoms with Gasteiger partial charge in [0.05, 0.1) is 0 Å². The van der Waals surface area contributed by atoms with E-state index < -0.39 is 0 Å². The van der Waals surface area contributed by atoms with E-state index in [1.807, 2.05) is 0 Å². The van der Waals surface area contributed by atoms with Crippen molar-refractivity contribution >= 4 is 16.0 Å². The third-order valence-electron chi connectivity index (χ3n) is 2.14. The molecule has 1 aromatic carbocycles. The van der Waals surface area contributed by atoms with Crippen molar-refractivity contribution in [1.29, 1.82) is 0 Å². The Labute approximate surface area is 80.9 Å². The number of benzene rings is 1. The van der Waals surface area contributed by atoms with Crippen molar-refractivity contribution in [3.05, 3.63) is 29.3 Å². The van der Waals surface area contributed by atoms with Crippen molar-refractivity contribution < 1.29 is 4.74 Å². The number of ether oxygens (including phenoxy) is 1. The molecule has 1 atom stereocenters. The summed E-state index contributed by atoms with van der Waals surface area (Å²) >= 11 is 3.01. The Morgan fingerprint density at radius 1 is 1.58 bits per heavy atom. The Hall–Kier alpha value is -0.461. The molecule has 1 aliphatic rings. The number of rotatable bonds is 1. The number of hydrogen-bond acceptors (Lipinski definition) is 1. The van der Waals surface area contributed by atoms with E-state index in [4.69, 9.17) is 4.74 Å². The second-order valence-electron chi connectivity index (χ2n) is 3.22. The van der Waals surface area contributed by atoms with E-state index in [1.165, 1.54) is 11.1 Å². The standard InChI is InChI=1S/C10H11OSe/c1-7-2-3-10-8(4-7)5-9(6-12)11-10/h2-4,9H,5-6H2,1H3. The average molecular weight is 226 g/mol. The summed E-state index contributed by atoms with van der Waals surface area (Å²) in [5, 5.41) is 0.980. The summed E-state index contributed by atoms with van der Waals surface area (Å²) in [5.41, 5.74) is 2.67. The van der Waals surface area contributed by atoms with Gasteiger partial charge in [-0.15, -0.1) is 0 Å². The molecule has 0 saturated carbocycles. The summed E-state index contributed by atoms with van der Waals surface area (Å²) in [5.74, 6) is 1.07. The molecule has 0 aromatic heterocycles. The summed E-state index contributed by atoms with van der Waals surface area (Å²) in [6.45, 7) is 2.12. The van der Waals surface area contributed by atoms with E-state index in [0.717, 1.165) is 17.5 Å². The van der Waals surface area contributed by atoms with Crippen molar-refractivity contribution in [1.82, 2.24) is 0 Å². The van der Waals surface area contributed by atoms with Gasteiger partial charge in [0.1, 0.15) is 0 Å². The molecule has 0 saturated heterocycles. The molecular weight excluding hydrogens is 215 g/mol. The molecule has 2 heteroatoms. The van der Waals surface area contributed by atoms with Crippen LogP contribution in [0.4, 0.5) is 0 Å². The van der Waals surface area contributed by atoms with Crippen LogP contribution in [0.25, 0.3) is 0 Å². The van der Waals surface area contributed by atoms with E-state index >= 15 is 0 Å². The number of fused-ring (bicyclic) bond motifs is 1. The zero-order valence-corrected chi connectivity index (χ0v) is 8.75. The van der Waals surface area contributed by atoms with Crippen molar-refractivity contribution in [3.8, 4) is 5.75 Å². The van der Waals surface area contributed by atoms with Crippen molar-refractivity contribution in [2.75, 3.05) is 0 Å². The molecule has 0 N–H and O–H groups in total. The van der Waals surface area contributed by atoms with Crippen molar-refractivity contribution in [3.63, 3.8) is 0 Å². The second kappa shape index (κ2) is 3.12. The van der Waals surface area contributed by atoms with Gasteiger partial charge in [-0.2, -0.15) is 0 Å². The van der Waals surface area contributed by atoms with E-state index in [9.17, 15) is 0 Å². The summed E-state index contributed by atoms with van der Waals surface area (Å²) < 4.78 is 5.68. The van der Waals surface area contributed by atoms with Crippen LogP contribution in [0.1, 0.15) is 11.1 Å². The molecule has 1 unspecified atom stereocenters. The predicted octanol–water partition coefficient (Wildman–Crippen LogP) is 1.89. The SMILES string of the molecule is Cc1ccc2c(c1)CC(C[Se])O2. The van der Waals surface area contributed by atoms with Crippen LogP contribution in [0.3, 0.4) is 0 Å². The van der Waals surface area contributed by atoms with Crippen LogP contribution in [0.5, 0.6) is 5.75 Å². The summed E-state index contributed by atoms with van der Waals surface area (Å²) in [7, 11) is 0. The molecule has 0 fully saturated rings. The Morgan fingerprint density at radius 3 is 3.17 bits per heavy atom. The quantitative estimate of drug-likeness (QED) is 0.664. The predicted molar refractivity (Wildman–Crippen MR) is 49.9 cm³/mol. The van der Waals surface area contributed by atoms with Crippen LogP contribution in [0, 0.1) is 6.92 Å². The maximum absolute atomic E-state index is 5.68. The second-order valence-corrected chi connectivity index (χ2v) is 3.92. The van der Waals surface area contributed by atoms with Gasteiger partial charge >= 0.3 is 80.6 Å². The van der Waals surface area contributed by atoms with Crippen molar-refractivity contribution in [2.45, 2.75) is 24.8 Å². The van der Waals surface area contributed by atoms with Crippen LogP contribution in [0.15, 0.2) is 18.2 Å². The first-order valence-electron chi connectivity index (χ1n) is 4.14. The molecule has 1 aliphatic heterocycles. The maximum atomic E-state index is 5.68. The first-order chi connectivity index (χ1) is 5.79. The van der Waals surface area contributed by atoms with Crippen LogP contribution < -0.4 is 4.74 Å². The Morgan fingerprint density at radius 2 is 2.42 bits per heavy atom. The minimum absolute atomic E-state index is 0.363. The van der Waals surface area contributed by atoms with Gasteiger partial charge in [-0.3, -0.25) is 0 Å². The first-order valence-corrected chi connectivity index (χ1v) is 5.35. The van der Waals surface area contributed by atoms with Gasteiger partial charge in [-0.1, -0.05) is 0 Å². The van der Waals surface area contributed by atoms with Gasteiger partial charge in [-0.05, 0) is 0 Å². The summed E-state index contributed by atoms with van der Waals surface area (Å²) in [6, 6.07) is 6.38. The van der Waals surface area contributed by atoms with Gasteiger partial charge in [-0.25, -0.2) is 0 Å². The molecular formula is C10H11OSe. The van der Waals surface area contributed by atoms with Gasteiger partial charge < -0.3 is 0 Å². The van der Waals surface area contributed by atoms with E-state index in [2.05, 4.69) is 41.1 Å². The van der Waals surface area contributed by atoms with Crippen LogP contribution >= 0.6 is 0 Å². The zero-order chi connectivity index (χ0) is 8.55. The zero-order valence-electron chi connectivity index (χ0n) is 7.04. The minimum atomic E-state index is 0.363. The molecule has 1 nitrogen and oxygen atoms in total. The summed E-state index contributed by atoms with van der Waals surface area (Å²) in [4.78, 5) is 0. The molecule has 0 spiro atoms. The van der Waals surface area contributed by atoms with Gasteiger partial charge in [0.25, 0.3) is 0 Å². The molecule has 2 rings (SSSR count). The fraction of sp³-hybridized carbons (Fsp3) is 0.400.